The zero-order chi connectivity index (χ0) is 20.8. The highest BCUT2D eigenvalue weighted by Gasteiger charge is 2.32. The van der Waals surface area contributed by atoms with Crippen LogP contribution in [0.5, 0.6) is 11.5 Å². The molecule has 0 N–H and O–H groups in total. The van der Waals surface area contributed by atoms with E-state index >= 15 is 0 Å². The molecule has 0 bridgehead atoms. The van der Waals surface area contributed by atoms with Crippen LogP contribution in [0.2, 0.25) is 0 Å². The van der Waals surface area contributed by atoms with E-state index in [1.807, 2.05) is 24.3 Å². The van der Waals surface area contributed by atoms with Crippen LogP contribution in [0, 0.1) is 0 Å². The lowest BCUT2D eigenvalue weighted by molar-refractivity contribution is -0.149. The summed E-state index contributed by atoms with van der Waals surface area (Å²) in [5.74, 6) is 1.33. The lowest BCUT2D eigenvalue weighted by Gasteiger charge is -2.36. The lowest BCUT2D eigenvalue weighted by Crippen LogP contribution is -2.45. The SMILES string of the molecule is COCCN1C(=O)COCC1c1cnccc1Oc1cccc(N2CCOCC2)c1. The smallest absolute Gasteiger partial charge is 0.249 e. The number of carbonyl (C=O) groups is 1. The van der Waals surface area contributed by atoms with Gasteiger partial charge in [-0.15, -0.1) is 0 Å². The first-order chi connectivity index (χ1) is 14.8. The van der Waals surface area contributed by atoms with E-state index in [9.17, 15) is 4.79 Å². The number of nitrogens with zero attached hydrogens (tertiary/aromatic N) is 3. The molecule has 2 saturated heterocycles. The van der Waals surface area contributed by atoms with Gasteiger partial charge in [0.25, 0.3) is 0 Å². The van der Waals surface area contributed by atoms with Gasteiger partial charge in [-0.25, -0.2) is 0 Å². The number of carbonyl (C=O) groups excluding carboxylic acids is 1. The quantitative estimate of drug-likeness (QED) is 0.689. The van der Waals surface area contributed by atoms with Gasteiger partial charge in [-0.05, 0) is 18.2 Å². The summed E-state index contributed by atoms with van der Waals surface area (Å²) in [6.07, 6.45) is 3.43. The van der Waals surface area contributed by atoms with Crippen molar-refractivity contribution in [1.82, 2.24) is 9.88 Å². The van der Waals surface area contributed by atoms with E-state index in [1.54, 1.807) is 24.4 Å². The molecule has 1 atom stereocenters. The fourth-order valence-corrected chi connectivity index (χ4v) is 3.76. The molecule has 0 aliphatic carbocycles. The molecule has 0 saturated carbocycles. The van der Waals surface area contributed by atoms with Crippen molar-refractivity contribution < 1.29 is 23.7 Å². The number of hydrogen-bond donors (Lipinski definition) is 0. The number of benzene rings is 1. The maximum atomic E-state index is 12.4. The van der Waals surface area contributed by atoms with E-state index in [1.165, 1.54) is 0 Å². The van der Waals surface area contributed by atoms with Crippen molar-refractivity contribution in [1.29, 1.82) is 0 Å². The number of methoxy groups -OCH3 is 1. The molecule has 1 amide bonds. The second-order valence-corrected chi connectivity index (χ2v) is 7.22. The highest BCUT2D eigenvalue weighted by molar-refractivity contribution is 5.78. The first-order valence-corrected chi connectivity index (χ1v) is 10.2. The average molecular weight is 413 g/mol. The zero-order valence-corrected chi connectivity index (χ0v) is 17.2. The van der Waals surface area contributed by atoms with Gasteiger partial charge in [-0.3, -0.25) is 9.78 Å². The Bertz CT molecular complexity index is 856. The molecule has 0 spiro atoms. The molecule has 1 aromatic carbocycles. The molecule has 4 rings (SSSR count). The standard InChI is InChI=1S/C22H27N3O5/c1-27-10-9-25-20(15-29-16-22(25)26)19-14-23-6-5-21(19)30-18-4-2-3-17(13-18)24-7-11-28-12-8-24/h2-6,13-14,20H,7-12,15-16H2,1H3. The van der Waals surface area contributed by atoms with Crippen LogP contribution in [0.25, 0.3) is 0 Å². The summed E-state index contributed by atoms with van der Waals surface area (Å²) in [5, 5.41) is 0. The number of hydrogen-bond acceptors (Lipinski definition) is 7. The second-order valence-electron chi connectivity index (χ2n) is 7.22. The van der Waals surface area contributed by atoms with Crippen LogP contribution in [-0.2, 0) is 19.0 Å². The summed E-state index contributed by atoms with van der Waals surface area (Å²) in [6.45, 7) is 4.60. The van der Waals surface area contributed by atoms with Crippen molar-refractivity contribution in [2.24, 2.45) is 0 Å². The highest BCUT2D eigenvalue weighted by atomic mass is 16.5. The first kappa shape index (κ1) is 20.6. The van der Waals surface area contributed by atoms with Gasteiger partial charge in [0.2, 0.25) is 5.91 Å². The number of morpholine rings is 2. The fourth-order valence-electron chi connectivity index (χ4n) is 3.76. The number of rotatable bonds is 7. The van der Waals surface area contributed by atoms with Crippen LogP contribution < -0.4 is 9.64 Å². The third-order valence-corrected chi connectivity index (χ3v) is 5.32. The minimum Gasteiger partial charge on any atom is -0.457 e. The Balaban J connectivity index is 1.57. The predicted molar refractivity (Wildman–Crippen MR) is 111 cm³/mol. The van der Waals surface area contributed by atoms with Crippen molar-refractivity contribution in [3.05, 3.63) is 48.3 Å². The molecule has 1 aromatic heterocycles. The van der Waals surface area contributed by atoms with E-state index in [0.29, 0.717) is 25.5 Å². The topological polar surface area (TPSA) is 73.4 Å². The number of anilines is 1. The largest absolute Gasteiger partial charge is 0.457 e. The normalized spacial score (nSPS) is 19.8. The summed E-state index contributed by atoms with van der Waals surface area (Å²) in [6, 6.07) is 9.57. The van der Waals surface area contributed by atoms with Crippen molar-refractivity contribution in [3.63, 3.8) is 0 Å². The van der Waals surface area contributed by atoms with Crippen molar-refractivity contribution >= 4 is 11.6 Å². The van der Waals surface area contributed by atoms with E-state index in [2.05, 4.69) is 16.0 Å². The lowest BCUT2D eigenvalue weighted by atomic mass is 10.1. The Kier molecular flexibility index (Phi) is 6.78. The molecule has 2 fully saturated rings. The third-order valence-electron chi connectivity index (χ3n) is 5.32. The molecule has 1 unspecified atom stereocenters. The average Bonchev–Trinajstić information content (AvgIpc) is 2.79. The van der Waals surface area contributed by atoms with Crippen LogP contribution in [-0.4, -0.2) is 75.6 Å². The minimum atomic E-state index is -0.271. The van der Waals surface area contributed by atoms with Crippen LogP contribution in [0.4, 0.5) is 5.69 Å². The van der Waals surface area contributed by atoms with Gasteiger partial charge in [0, 0.05) is 56.5 Å². The molecule has 0 radical (unpaired) electrons. The number of aromatic nitrogens is 1. The van der Waals surface area contributed by atoms with E-state index in [-0.39, 0.29) is 18.6 Å². The third kappa shape index (κ3) is 4.72. The van der Waals surface area contributed by atoms with Crippen LogP contribution in [0.3, 0.4) is 0 Å². The maximum Gasteiger partial charge on any atom is 0.249 e. The summed E-state index contributed by atoms with van der Waals surface area (Å²) in [4.78, 5) is 20.8. The van der Waals surface area contributed by atoms with Crippen LogP contribution in [0.15, 0.2) is 42.7 Å². The van der Waals surface area contributed by atoms with Gasteiger partial charge in [-0.1, -0.05) is 6.07 Å². The molecular formula is C22H27N3O5. The Hall–Kier alpha value is -2.68. The Morgan fingerprint density at radius 2 is 2.07 bits per heavy atom. The molecular weight excluding hydrogens is 386 g/mol. The summed E-state index contributed by atoms with van der Waals surface area (Å²) < 4.78 is 22.4. The number of amides is 1. The van der Waals surface area contributed by atoms with E-state index in [0.717, 1.165) is 43.3 Å². The second kappa shape index (κ2) is 9.88. The molecule has 8 nitrogen and oxygen atoms in total. The molecule has 160 valence electrons. The van der Waals surface area contributed by atoms with E-state index < -0.39 is 0 Å². The van der Waals surface area contributed by atoms with Gasteiger partial charge >= 0.3 is 0 Å². The summed E-state index contributed by atoms with van der Waals surface area (Å²) >= 11 is 0. The van der Waals surface area contributed by atoms with Crippen LogP contribution >= 0.6 is 0 Å². The Morgan fingerprint density at radius 1 is 1.20 bits per heavy atom. The maximum absolute atomic E-state index is 12.4. The first-order valence-electron chi connectivity index (χ1n) is 10.2. The van der Waals surface area contributed by atoms with Gasteiger partial charge in [0.1, 0.15) is 18.1 Å². The fraction of sp³-hybridized carbons (Fsp3) is 0.455. The van der Waals surface area contributed by atoms with E-state index in [4.69, 9.17) is 18.9 Å². The zero-order valence-electron chi connectivity index (χ0n) is 17.2. The van der Waals surface area contributed by atoms with Gasteiger partial charge < -0.3 is 28.7 Å². The molecule has 3 heterocycles. The molecule has 2 aliphatic rings. The molecule has 8 heteroatoms. The Labute approximate surface area is 176 Å². The molecule has 30 heavy (non-hydrogen) atoms. The number of pyridine rings is 1. The Morgan fingerprint density at radius 3 is 2.90 bits per heavy atom. The molecule has 2 aromatic rings. The minimum absolute atomic E-state index is 0.0626. The monoisotopic (exact) mass is 413 g/mol. The highest BCUT2D eigenvalue weighted by Crippen LogP contribution is 2.34. The van der Waals surface area contributed by atoms with Crippen molar-refractivity contribution in [3.8, 4) is 11.5 Å². The van der Waals surface area contributed by atoms with Crippen molar-refractivity contribution in [2.45, 2.75) is 6.04 Å². The van der Waals surface area contributed by atoms with Gasteiger partial charge in [-0.2, -0.15) is 0 Å². The summed E-state index contributed by atoms with van der Waals surface area (Å²) in [5.41, 5.74) is 1.92. The van der Waals surface area contributed by atoms with Gasteiger partial charge in [0.15, 0.2) is 0 Å². The molecule has 2 aliphatic heterocycles. The predicted octanol–water partition coefficient (Wildman–Crippen LogP) is 2.26. The van der Waals surface area contributed by atoms with Crippen LogP contribution in [0.1, 0.15) is 11.6 Å². The van der Waals surface area contributed by atoms with Gasteiger partial charge in [0.05, 0.1) is 32.5 Å². The summed E-state index contributed by atoms with van der Waals surface area (Å²) in [7, 11) is 1.62. The number of ether oxygens (including phenoxy) is 4. The van der Waals surface area contributed by atoms with Crippen molar-refractivity contribution in [2.75, 3.05) is 64.7 Å².